The van der Waals surface area contributed by atoms with Crippen molar-refractivity contribution in [3.8, 4) is 11.6 Å². The smallest absolute Gasteiger partial charge is 0.405 e. The monoisotopic (exact) mass is 364 g/mol. The second kappa shape index (κ2) is 7.17. The number of nitrogens with zero attached hydrogens (tertiary/aromatic N) is 5. The SMILES string of the molecule is O=C(NCc1ccccc1OC(F)(F)F)c1ccc(-n2cncn2)nn1. The van der Waals surface area contributed by atoms with Crippen LogP contribution >= 0.6 is 0 Å². The van der Waals surface area contributed by atoms with Crippen molar-refractivity contribution in [3.05, 3.63) is 60.3 Å². The normalized spacial score (nSPS) is 11.2. The number of aromatic nitrogens is 5. The Kier molecular flexibility index (Phi) is 4.78. The summed E-state index contributed by atoms with van der Waals surface area (Å²) in [6, 6.07) is 8.45. The van der Waals surface area contributed by atoms with Crippen LogP contribution in [0.1, 0.15) is 16.1 Å². The molecule has 11 heteroatoms. The highest BCUT2D eigenvalue weighted by Gasteiger charge is 2.32. The van der Waals surface area contributed by atoms with E-state index >= 15 is 0 Å². The molecule has 0 unspecified atom stereocenters. The number of nitrogens with one attached hydrogen (secondary N) is 1. The van der Waals surface area contributed by atoms with Crippen molar-refractivity contribution in [2.75, 3.05) is 0 Å². The summed E-state index contributed by atoms with van der Waals surface area (Å²) in [5.41, 5.74) is 0.174. The van der Waals surface area contributed by atoms with Crippen molar-refractivity contribution in [2.45, 2.75) is 12.9 Å². The Morgan fingerprint density at radius 1 is 1.15 bits per heavy atom. The summed E-state index contributed by atoms with van der Waals surface area (Å²) in [5.74, 6) is -0.611. The zero-order valence-electron chi connectivity index (χ0n) is 13.0. The van der Waals surface area contributed by atoms with Gasteiger partial charge in [-0.25, -0.2) is 9.67 Å². The van der Waals surface area contributed by atoms with Crippen LogP contribution in [0.5, 0.6) is 5.75 Å². The van der Waals surface area contributed by atoms with E-state index in [1.54, 1.807) is 0 Å². The number of rotatable bonds is 5. The van der Waals surface area contributed by atoms with Gasteiger partial charge in [-0.05, 0) is 18.2 Å². The van der Waals surface area contributed by atoms with E-state index in [0.717, 1.165) is 0 Å². The van der Waals surface area contributed by atoms with E-state index in [0.29, 0.717) is 5.82 Å². The number of amides is 1. The Balaban J connectivity index is 1.66. The van der Waals surface area contributed by atoms with Gasteiger partial charge in [-0.1, -0.05) is 18.2 Å². The predicted octanol–water partition coefficient (Wildman–Crippen LogP) is 1.89. The molecule has 0 bridgehead atoms. The topological polar surface area (TPSA) is 94.8 Å². The van der Waals surface area contributed by atoms with Gasteiger partial charge in [0.15, 0.2) is 11.5 Å². The molecule has 1 aromatic carbocycles. The molecule has 0 radical (unpaired) electrons. The van der Waals surface area contributed by atoms with E-state index in [1.807, 2.05) is 0 Å². The number of hydrogen-bond acceptors (Lipinski definition) is 6. The van der Waals surface area contributed by atoms with Crippen LogP contribution in [-0.2, 0) is 6.54 Å². The maximum Gasteiger partial charge on any atom is 0.573 e. The first-order chi connectivity index (χ1) is 12.4. The lowest BCUT2D eigenvalue weighted by Gasteiger charge is -2.13. The lowest BCUT2D eigenvalue weighted by atomic mass is 10.2. The second-order valence-corrected chi connectivity index (χ2v) is 4.96. The number of hydrogen-bond donors (Lipinski definition) is 1. The van der Waals surface area contributed by atoms with Gasteiger partial charge in [-0.15, -0.1) is 23.4 Å². The number of ether oxygens (including phenoxy) is 1. The van der Waals surface area contributed by atoms with Gasteiger partial charge >= 0.3 is 6.36 Å². The van der Waals surface area contributed by atoms with Crippen LogP contribution in [0.2, 0.25) is 0 Å². The summed E-state index contributed by atoms with van der Waals surface area (Å²) < 4.78 is 42.5. The van der Waals surface area contributed by atoms with E-state index < -0.39 is 12.3 Å². The van der Waals surface area contributed by atoms with Crippen molar-refractivity contribution in [3.63, 3.8) is 0 Å². The van der Waals surface area contributed by atoms with Gasteiger partial charge in [0.05, 0.1) is 0 Å². The third kappa shape index (κ3) is 4.32. The van der Waals surface area contributed by atoms with Crippen LogP contribution in [0.25, 0.3) is 5.82 Å². The predicted molar refractivity (Wildman–Crippen MR) is 81.2 cm³/mol. The molecule has 134 valence electrons. The van der Waals surface area contributed by atoms with Crippen molar-refractivity contribution < 1.29 is 22.7 Å². The van der Waals surface area contributed by atoms with E-state index in [-0.39, 0.29) is 23.6 Å². The van der Waals surface area contributed by atoms with Gasteiger partial charge in [-0.3, -0.25) is 4.79 Å². The number of para-hydroxylation sites is 1. The minimum atomic E-state index is -4.82. The number of benzene rings is 1. The molecule has 1 N–H and O–H groups in total. The van der Waals surface area contributed by atoms with E-state index in [1.165, 1.54) is 53.7 Å². The average molecular weight is 364 g/mol. The first kappa shape index (κ1) is 17.3. The molecule has 1 amide bonds. The Labute approximate surface area is 144 Å². The highest BCUT2D eigenvalue weighted by Crippen LogP contribution is 2.26. The maximum atomic E-state index is 12.4. The first-order valence-electron chi connectivity index (χ1n) is 7.23. The molecule has 0 atom stereocenters. The summed E-state index contributed by atoms with van der Waals surface area (Å²) in [5, 5.41) is 14.0. The first-order valence-corrected chi connectivity index (χ1v) is 7.23. The average Bonchev–Trinajstić information content (AvgIpc) is 3.14. The number of carbonyl (C=O) groups is 1. The van der Waals surface area contributed by atoms with Crippen molar-refractivity contribution in [1.82, 2.24) is 30.3 Å². The molecule has 0 saturated carbocycles. The molecule has 0 aliphatic rings. The van der Waals surface area contributed by atoms with E-state index in [9.17, 15) is 18.0 Å². The molecule has 26 heavy (non-hydrogen) atoms. The van der Waals surface area contributed by atoms with Gasteiger partial charge in [0.2, 0.25) is 0 Å². The molecule has 0 aliphatic heterocycles. The summed E-state index contributed by atoms with van der Waals surface area (Å²) in [7, 11) is 0. The molecule has 0 saturated heterocycles. The van der Waals surface area contributed by atoms with Crippen LogP contribution < -0.4 is 10.1 Å². The molecule has 0 aliphatic carbocycles. The van der Waals surface area contributed by atoms with Gasteiger partial charge in [0.1, 0.15) is 18.4 Å². The Hall–Kier alpha value is -3.50. The number of alkyl halides is 3. The summed E-state index contributed by atoms with van der Waals surface area (Å²) in [6.45, 7) is -0.169. The largest absolute Gasteiger partial charge is 0.573 e. The third-order valence-electron chi connectivity index (χ3n) is 3.17. The summed E-state index contributed by atoms with van der Waals surface area (Å²) in [4.78, 5) is 15.9. The van der Waals surface area contributed by atoms with Crippen molar-refractivity contribution in [2.24, 2.45) is 0 Å². The maximum absolute atomic E-state index is 12.4. The van der Waals surface area contributed by atoms with Gasteiger partial charge < -0.3 is 10.1 Å². The molecule has 0 spiro atoms. The highest BCUT2D eigenvalue weighted by molar-refractivity contribution is 5.92. The van der Waals surface area contributed by atoms with Gasteiger partial charge in [-0.2, -0.15) is 5.10 Å². The van der Waals surface area contributed by atoms with Crippen LogP contribution in [-0.4, -0.2) is 37.2 Å². The lowest BCUT2D eigenvalue weighted by Crippen LogP contribution is -2.25. The Morgan fingerprint density at radius 2 is 1.96 bits per heavy atom. The molecular weight excluding hydrogens is 353 g/mol. The zero-order chi connectivity index (χ0) is 18.6. The fourth-order valence-electron chi connectivity index (χ4n) is 2.04. The standard InChI is InChI=1S/C15H11F3N6O2/c16-15(17,18)26-12-4-2-1-3-10(12)7-20-14(25)11-5-6-13(23-22-11)24-9-19-8-21-24/h1-6,8-9H,7H2,(H,20,25). The van der Waals surface area contributed by atoms with Crippen LogP contribution in [0.15, 0.2) is 49.1 Å². The number of halogens is 3. The summed E-state index contributed by atoms with van der Waals surface area (Å²) >= 11 is 0. The molecule has 3 rings (SSSR count). The molecule has 8 nitrogen and oxygen atoms in total. The Morgan fingerprint density at radius 3 is 2.62 bits per heavy atom. The fraction of sp³-hybridized carbons (Fsp3) is 0.133. The molecular formula is C15H11F3N6O2. The Bertz CT molecular complexity index is 881. The molecule has 3 aromatic rings. The minimum Gasteiger partial charge on any atom is -0.405 e. The molecule has 0 fully saturated rings. The molecule has 2 aromatic heterocycles. The lowest BCUT2D eigenvalue weighted by molar-refractivity contribution is -0.274. The van der Waals surface area contributed by atoms with E-state index in [2.05, 4.69) is 30.3 Å². The minimum absolute atomic E-state index is 0.00286. The number of carbonyl (C=O) groups excluding carboxylic acids is 1. The van der Waals surface area contributed by atoms with E-state index in [4.69, 9.17) is 0 Å². The van der Waals surface area contributed by atoms with Gasteiger partial charge in [0, 0.05) is 12.1 Å². The molecule has 2 heterocycles. The highest BCUT2D eigenvalue weighted by atomic mass is 19.4. The van der Waals surface area contributed by atoms with Crippen molar-refractivity contribution >= 4 is 5.91 Å². The summed E-state index contributed by atoms with van der Waals surface area (Å²) in [6.07, 6.45) is -2.08. The van der Waals surface area contributed by atoms with Crippen LogP contribution in [0, 0.1) is 0 Å². The fourth-order valence-corrected chi connectivity index (χ4v) is 2.04. The zero-order valence-corrected chi connectivity index (χ0v) is 13.0. The quantitative estimate of drug-likeness (QED) is 0.743. The third-order valence-corrected chi connectivity index (χ3v) is 3.17. The second-order valence-electron chi connectivity index (χ2n) is 4.96. The van der Waals surface area contributed by atoms with Crippen LogP contribution in [0.3, 0.4) is 0 Å². The van der Waals surface area contributed by atoms with Crippen LogP contribution in [0.4, 0.5) is 13.2 Å². The van der Waals surface area contributed by atoms with Crippen molar-refractivity contribution in [1.29, 1.82) is 0 Å². The van der Waals surface area contributed by atoms with Gasteiger partial charge in [0.25, 0.3) is 5.91 Å².